The van der Waals surface area contributed by atoms with Crippen molar-refractivity contribution >= 4 is 23.3 Å². The summed E-state index contributed by atoms with van der Waals surface area (Å²) in [7, 11) is 1.57. The van der Waals surface area contributed by atoms with E-state index in [1.807, 2.05) is 63.2 Å². The van der Waals surface area contributed by atoms with Gasteiger partial charge in [-0.1, -0.05) is 63.2 Å². The van der Waals surface area contributed by atoms with E-state index in [1.54, 1.807) is 25.4 Å². The Labute approximate surface area is 224 Å². The van der Waals surface area contributed by atoms with Crippen LogP contribution in [0.2, 0.25) is 0 Å². The van der Waals surface area contributed by atoms with Crippen molar-refractivity contribution in [2.75, 3.05) is 25.5 Å². The van der Waals surface area contributed by atoms with Crippen LogP contribution in [-0.4, -0.2) is 48.7 Å². The second-order valence-electron chi connectivity index (χ2n) is 10.1. The molecule has 0 aliphatic heterocycles. The highest BCUT2D eigenvalue weighted by Crippen LogP contribution is 2.21. The Kier molecular flexibility index (Phi) is 10.1. The SMILES string of the molecule is CN=C(C(=O)NC(C(=O)NCCNc1ccccn1)C(C)(C)C)c1ccccc1CCc1ccc(F)cc1. The molecular formula is C30H36FN5O2. The molecule has 1 atom stereocenters. The maximum absolute atomic E-state index is 13.4. The summed E-state index contributed by atoms with van der Waals surface area (Å²) in [5.41, 5.74) is 2.39. The number of amides is 2. The molecule has 1 aromatic heterocycles. The van der Waals surface area contributed by atoms with E-state index in [-0.39, 0.29) is 17.4 Å². The predicted octanol–water partition coefficient (Wildman–Crippen LogP) is 4.18. The summed E-state index contributed by atoms with van der Waals surface area (Å²) in [6.07, 6.45) is 3.04. The minimum Gasteiger partial charge on any atom is -0.368 e. The summed E-state index contributed by atoms with van der Waals surface area (Å²) in [4.78, 5) is 35.0. The fourth-order valence-electron chi connectivity index (χ4n) is 4.06. The zero-order chi connectivity index (χ0) is 27.5. The van der Waals surface area contributed by atoms with Crippen LogP contribution in [0, 0.1) is 11.2 Å². The van der Waals surface area contributed by atoms with Gasteiger partial charge in [0, 0.05) is 31.9 Å². The van der Waals surface area contributed by atoms with Gasteiger partial charge < -0.3 is 16.0 Å². The van der Waals surface area contributed by atoms with Crippen LogP contribution in [0.15, 0.2) is 77.9 Å². The molecule has 3 aromatic rings. The molecule has 1 heterocycles. The summed E-state index contributed by atoms with van der Waals surface area (Å²) in [6.45, 7) is 6.59. The van der Waals surface area contributed by atoms with E-state index in [0.29, 0.717) is 31.5 Å². The number of aliphatic imine (C=N–C) groups is 1. The number of aryl methyl sites for hydroxylation is 2. The third-order valence-corrected chi connectivity index (χ3v) is 6.11. The van der Waals surface area contributed by atoms with Crippen LogP contribution in [0.1, 0.15) is 37.5 Å². The van der Waals surface area contributed by atoms with Crippen LogP contribution in [0.3, 0.4) is 0 Å². The highest BCUT2D eigenvalue weighted by atomic mass is 19.1. The summed E-state index contributed by atoms with van der Waals surface area (Å²) < 4.78 is 13.3. The average molecular weight is 518 g/mol. The van der Waals surface area contributed by atoms with Crippen molar-refractivity contribution in [3.8, 4) is 0 Å². The van der Waals surface area contributed by atoms with E-state index < -0.39 is 17.4 Å². The van der Waals surface area contributed by atoms with Crippen LogP contribution in [-0.2, 0) is 22.4 Å². The van der Waals surface area contributed by atoms with E-state index in [4.69, 9.17) is 0 Å². The third-order valence-electron chi connectivity index (χ3n) is 6.11. The van der Waals surface area contributed by atoms with Gasteiger partial charge in [-0.3, -0.25) is 14.6 Å². The number of rotatable bonds is 11. The maximum Gasteiger partial charge on any atom is 0.270 e. The van der Waals surface area contributed by atoms with E-state index in [2.05, 4.69) is 25.9 Å². The Morgan fingerprint density at radius 1 is 0.947 bits per heavy atom. The number of hydrogen-bond acceptors (Lipinski definition) is 5. The number of halogens is 1. The van der Waals surface area contributed by atoms with Crippen molar-refractivity contribution in [2.24, 2.45) is 10.4 Å². The van der Waals surface area contributed by atoms with Gasteiger partial charge in [0.1, 0.15) is 23.4 Å². The first-order chi connectivity index (χ1) is 18.2. The Hall–Kier alpha value is -4.07. The van der Waals surface area contributed by atoms with Crippen LogP contribution < -0.4 is 16.0 Å². The van der Waals surface area contributed by atoms with Crippen molar-refractivity contribution in [3.05, 3.63) is 95.4 Å². The quantitative estimate of drug-likeness (QED) is 0.263. The lowest BCUT2D eigenvalue weighted by Crippen LogP contribution is -2.55. The molecule has 200 valence electrons. The second kappa shape index (κ2) is 13.5. The van der Waals surface area contributed by atoms with E-state index >= 15 is 0 Å². The molecule has 7 nitrogen and oxygen atoms in total. The van der Waals surface area contributed by atoms with Crippen LogP contribution in [0.4, 0.5) is 10.2 Å². The number of carbonyl (C=O) groups excluding carboxylic acids is 2. The average Bonchev–Trinajstić information content (AvgIpc) is 2.90. The number of benzene rings is 2. The molecule has 0 fully saturated rings. The van der Waals surface area contributed by atoms with Crippen molar-refractivity contribution < 1.29 is 14.0 Å². The number of aromatic nitrogens is 1. The number of carbonyl (C=O) groups is 2. The van der Waals surface area contributed by atoms with Gasteiger partial charge in [0.15, 0.2) is 0 Å². The zero-order valence-corrected chi connectivity index (χ0v) is 22.4. The molecule has 8 heteroatoms. The normalized spacial score (nSPS) is 12.5. The number of pyridine rings is 1. The van der Waals surface area contributed by atoms with Gasteiger partial charge >= 0.3 is 0 Å². The molecule has 38 heavy (non-hydrogen) atoms. The van der Waals surface area contributed by atoms with Gasteiger partial charge in [-0.05, 0) is 53.6 Å². The van der Waals surface area contributed by atoms with Gasteiger partial charge in [0.25, 0.3) is 5.91 Å². The number of nitrogens with zero attached hydrogens (tertiary/aromatic N) is 2. The third kappa shape index (κ3) is 8.23. The Balaban J connectivity index is 1.66. The smallest absolute Gasteiger partial charge is 0.270 e. The van der Waals surface area contributed by atoms with E-state index in [9.17, 15) is 14.0 Å². The Morgan fingerprint density at radius 3 is 2.32 bits per heavy atom. The molecule has 0 aliphatic rings. The Morgan fingerprint density at radius 2 is 1.66 bits per heavy atom. The molecule has 2 aromatic carbocycles. The van der Waals surface area contributed by atoms with Gasteiger partial charge in [-0.25, -0.2) is 9.37 Å². The van der Waals surface area contributed by atoms with Gasteiger partial charge in [-0.15, -0.1) is 0 Å². The van der Waals surface area contributed by atoms with Gasteiger partial charge in [0.2, 0.25) is 5.91 Å². The molecule has 0 saturated heterocycles. The molecule has 0 saturated carbocycles. The van der Waals surface area contributed by atoms with Gasteiger partial charge in [0.05, 0.1) is 0 Å². The zero-order valence-electron chi connectivity index (χ0n) is 22.4. The molecular weight excluding hydrogens is 481 g/mol. The summed E-state index contributed by atoms with van der Waals surface area (Å²) in [6, 6.07) is 18.8. The topological polar surface area (TPSA) is 95.5 Å². The lowest BCUT2D eigenvalue weighted by Gasteiger charge is -2.30. The summed E-state index contributed by atoms with van der Waals surface area (Å²) in [5, 5.41) is 8.97. The minimum absolute atomic E-state index is 0.263. The van der Waals surface area contributed by atoms with E-state index in [0.717, 1.165) is 16.9 Å². The molecule has 0 aliphatic carbocycles. The number of nitrogens with one attached hydrogen (secondary N) is 3. The van der Waals surface area contributed by atoms with Crippen molar-refractivity contribution in [1.82, 2.24) is 15.6 Å². The van der Waals surface area contributed by atoms with Crippen molar-refractivity contribution in [1.29, 1.82) is 0 Å². The fraction of sp³-hybridized carbons (Fsp3) is 0.333. The summed E-state index contributed by atoms with van der Waals surface area (Å²) in [5.74, 6) is -0.227. The first kappa shape index (κ1) is 28.5. The maximum atomic E-state index is 13.4. The highest BCUT2D eigenvalue weighted by Gasteiger charge is 2.34. The molecule has 1 unspecified atom stereocenters. The van der Waals surface area contributed by atoms with E-state index in [1.165, 1.54) is 12.1 Å². The number of hydrogen-bond donors (Lipinski definition) is 3. The van der Waals surface area contributed by atoms with Crippen LogP contribution >= 0.6 is 0 Å². The largest absolute Gasteiger partial charge is 0.368 e. The first-order valence-corrected chi connectivity index (χ1v) is 12.7. The molecule has 3 N–H and O–H groups in total. The van der Waals surface area contributed by atoms with Crippen molar-refractivity contribution in [3.63, 3.8) is 0 Å². The summed E-state index contributed by atoms with van der Waals surface area (Å²) >= 11 is 0. The second-order valence-corrected chi connectivity index (χ2v) is 10.1. The fourth-order valence-corrected chi connectivity index (χ4v) is 4.06. The van der Waals surface area contributed by atoms with Crippen LogP contribution in [0.25, 0.3) is 0 Å². The van der Waals surface area contributed by atoms with Crippen LogP contribution in [0.5, 0.6) is 0 Å². The lowest BCUT2D eigenvalue weighted by molar-refractivity contribution is -0.129. The Bertz CT molecular complexity index is 1240. The predicted molar refractivity (Wildman–Crippen MR) is 150 cm³/mol. The molecule has 2 amide bonds. The van der Waals surface area contributed by atoms with Crippen molar-refractivity contribution in [2.45, 2.75) is 39.7 Å². The molecule has 0 spiro atoms. The standard InChI is InChI=1S/C30H36FN5O2/c1-30(2,3)27(29(38)35-20-19-34-25-11-7-8-18-33-25)36-28(37)26(32-4)24-10-6-5-9-22(24)15-12-21-13-16-23(31)17-14-21/h5-11,13-14,16-18,27H,12,15,19-20H2,1-4H3,(H,33,34)(H,35,38)(H,36,37). The molecule has 3 rings (SSSR count). The van der Waals surface area contributed by atoms with Gasteiger partial charge in [-0.2, -0.15) is 0 Å². The lowest BCUT2D eigenvalue weighted by atomic mass is 9.85. The minimum atomic E-state index is -0.770. The highest BCUT2D eigenvalue weighted by molar-refractivity contribution is 6.46. The monoisotopic (exact) mass is 517 g/mol. The molecule has 0 radical (unpaired) electrons. The number of anilines is 1. The molecule has 0 bridgehead atoms. The first-order valence-electron chi connectivity index (χ1n) is 12.7.